The van der Waals surface area contributed by atoms with Crippen molar-refractivity contribution in [2.24, 2.45) is 0 Å². The average Bonchev–Trinajstić information content (AvgIpc) is 2.18. The fraction of sp³-hybridized carbons (Fsp3) is 0.455. The Kier molecular flexibility index (Phi) is 9.22. The number of hydrogen-bond donors (Lipinski definition) is 0. The molecule has 74 valence electrons. The Morgan fingerprint density at radius 1 is 1.15 bits per heavy atom. The maximum atomic E-state index is 5.31. The molecule has 1 rings (SSSR count). The minimum atomic E-state index is 0.726. The number of alkyl halides is 1. The van der Waals surface area contributed by atoms with Gasteiger partial charge in [-0.05, 0) is 12.1 Å². The van der Waals surface area contributed by atoms with E-state index in [0.717, 1.165) is 17.7 Å². The first kappa shape index (κ1) is 12.5. The summed E-state index contributed by atoms with van der Waals surface area (Å²) in [5, 5.41) is 0.877. The topological polar surface area (TPSA) is 9.23 Å². The van der Waals surface area contributed by atoms with Gasteiger partial charge in [-0.25, -0.2) is 0 Å². The molecule has 0 amide bonds. The molecule has 0 N–H and O–H groups in total. The van der Waals surface area contributed by atoms with Crippen LogP contribution in [0, 0.1) is 0 Å². The van der Waals surface area contributed by atoms with Crippen molar-refractivity contribution in [3.05, 3.63) is 30.3 Å². The molecule has 0 atom stereocenters. The van der Waals surface area contributed by atoms with Crippen LogP contribution in [0.2, 0.25) is 0 Å². The van der Waals surface area contributed by atoms with E-state index in [1.165, 1.54) is 6.42 Å². The molecular weight excluding hydrogens is 228 g/mol. The van der Waals surface area contributed by atoms with Crippen molar-refractivity contribution in [3.8, 4) is 5.75 Å². The summed E-state index contributed by atoms with van der Waals surface area (Å²) in [5.74, 6) is 0.932. The van der Waals surface area contributed by atoms with Crippen LogP contribution in [-0.2, 0) is 0 Å². The summed E-state index contributed by atoms with van der Waals surface area (Å²) < 4.78 is 5.31. The van der Waals surface area contributed by atoms with Gasteiger partial charge in [-0.3, -0.25) is 0 Å². The minimum Gasteiger partial charge on any atom is -0.493 e. The second-order valence-corrected chi connectivity index (χ2v) is 3.35. The summed E-state index contributed by atoms with van der Waals surface area (Å²) in [4.78, 5) is 0. The lowest BCUT2D eigenvalue weighted by Crippen LogP contribution is -1.96. The van der Waals surface area contributed by atoms with Crippen LogP contribution in [0.15, 0.2) is 30.3 Å². The predicted octanol–water partition coefficient (Wildman–Crippen LogP) is 3.88. The summed E-state index contributed by atoms with van der Waals surface area (Å²) in [5.41, 5.74) is 0. The fourth-order valence-corrected chi connectivity index (χ4v) is 0.835. The van der Waals surface area contributed by atoms with E-state index in [2.05, 4.69) is 29.8 Å². The van der Waals surface area contributed by atoms with Crippen LogP contribution < -0.4 is 4.74 Å². The van der Waals surface area contributed by atoms with Gasteiger partial charge in [0.25, 0.3) is 0 Å². The third-order valence-electron chi connectivity index (χ3n) is 1.09. The molecule has 0 aromatic heterocycles. The van der Waals surface area contributed by atoms with Gasteiger partial charge >= 0.3 is 0 Å². The molecule has 0 heterocycles. The van der Waals surface area contributed by atoms with E-state index >= 15 is 0 Å². The van der Waals surface area contributed by atoms with Gasteiger partial charge in [-0.15, -0.1) is 0 Å². The largest absolute Gasteiger partial charge is 0.493 e. The van der Waals surface area contributed by atoms with E-state index in [4.69, 9.17) is 4.74 Å². The van der Waals surface area contributed by atoms with Crippen LogP contribution in [0.4, 0.5) is 0 Å². The Hall–Kier alpha value is -0.500. The van der Waals surface area contributed by atoms with E-state index in [-0.39, 0.29) is 0 Å². The van der Waals surface area contributed by atoms with Crippen LogP contribution >= 0.6 is 15.9 Å². The third kappa shape index (κ3) is 7.85. The number of para-hydroxylation sites is 1. The Labute approximate surface area is 89.2 Å². The Bertz CT molecular complexity index is 187. The molecule has 0 saturated carbocycles. The molecule has 0 spiro atoms. The van der Waals surface area contributed by atoms with Gasteiger partial charge in [0.1, 0.15) is 5.75 Å². The zero-order valence-corrected chi connectivity index (χ0v) is 9.88. The first-order valence-electron chi connectivity index (χ1n) is 4.58. The zero-order valence-electron chi connectivity index (χ0n) is 8.29. The van der Waals surface area contributed by atoms with Crippen LogP contribution in [0.25, 0.3) is 0 Å². The van der Waals surface area contributed by atoms with Gasteiger partial charge in [0.15, 0.2) is 0 Å². The molecule has 0 radical (unpaired) electrons. The van der Waals surface area contributed by atoms with E-state index in [9.17, 15) is 0 Å². The molecule has 0 aliphatic carbocycles. The SMILES string of the molecule is BrCCOc1ccccc1.CCC. The van der Waals surface area contributed by atoms with E-state index in [1.807, 2.05) is 30.3 Å². The van der Waals surface area contributed by atoms with Crippen molar-refractivity contribution >= 4 is 15.9 Å². The molecular formula is C11H17BrO. The minimum absolute atomic E-state index is 0.726. The van der Waals surface area contributed by atoms with Gasteiger partial charge in [0.2, 0.25) is 0 Å². The molecule has 0 aliphatic heterocycles. The van der Waals surface area contributed by atoms with Crippen molar-refractivity contribution < 1.29 is 4.74 Å². The van der Waals surface area contributed by atoms with E-state index in [0.29, 0.717) is 0 Å². The average molecular weight is 245 g/mol. The highest BCUT2D eigenvalue weighted by Gasteiger charge is 1.87. The lowest BCUT2D eigenvalue weighted by molar-refractivity contribution is 0.345. The molecule has 0 bridgehead atoms. The van der Waals surface area contributed by atoms with Gasteiger partial charge in [-0.2, -0.15) is 0 Å². The van der Waals surface area contributed by atoms with Crippen molar-refractivity contribution in [2.45, 2.75) is 20.3 Å². The molecule has 1 aromatic rings. The van der Waals surface area contributed by atoms with Gasteiger partial charge in [0.05, 0.1) is 6.61 Å². The first-order chi connectivity index (χ1) is 6.35. The van der Waals surface area contributed by atoms with E-state index < -0.39 is 0 Å². The molecule has 13 heavy (non-hydrogen) atoms. The lowest BCUT2D eigenvalue weighted by Gasteiger charge is -2.01. The lowest BCUT2D eigenvalue weighted by atomic mass is 10.3. The molecule has 1 nitrogen and oxygen atoms in total. The molecule has 0 saturated heterocycles. The molecule has 0 fully saturated rings. The first-order valence-corrected chi connectivity index (χ1v) is 5.71. The van der Waals surface area contributed by atoms with Crippen LogP contribution in [-0.4, -0.2) is 11.9 Å². The molecule has 1 aromatic carbocycles. The maximum Gasteiger partial charge on any atom is 0.119 e. The zero-order chi connectivity index (χ0) is 9.94. The second kappa shape index (κ2) is 9.59. The van der Waals surface area contributed by atoms with Crippen molar-refractivity contribution in [2.75, 3.05) is 11.9 Å². The Morgan fingerprint density at radius 3 is 2.15 bits per heavy atom. The maximum absolute atomic E-state index is 5.31. The van der Waals surface area contributed by atoms with Gasteiger partial charge in [0, 0.05) is 5.33 Å². The monoisotopic (exact) mass is 244 g/mol. The van der Waals surface area contributed by atoms with Crippen LogP contribution in [0.3, 0.4) is 0 Å². The second-order valence-electron chi connectivity index (χ2n) is 2.56. The highest BCUT2D eigenvalue weighted by atomic mass is 79.9. The third-order valence-corrected chi connectivity index (χ3v) is 1.41. The predicted molar refractivity (Wildman–Crippen MR) is 61.7 cm³/mol. The van der Waals surface area contributed by atoms with Crippen molar-refractivity contribution in [1.82, 2.24) is 0 Å². The quantitative estimate of drug-likeness (QED) is 0.734. The Balaban J connectivity index is 0.000000424. The summed E-state index contributed by atoms with van der Waals surface area (Å²) in [6.45, 7) is 4.98. The standard InChI is InChI=1S/C8H9BrO.C3H8/c9-6-7-10-8-4-2-1-3-5-8;1-3-2/h1-5H,6-7H2;3H2,1-2H3. The molecule has 0 aliphatic rings. The number of benzene rings is 1. The molecule has 0 unspecified atom stereocenters. The summed E-state index contributed by atoms with van der Waals surface area (Å²) in [6, 6.07) is 9.79. The van der Waals surface area contributed by atoms with Crippen molar-refractivity contribution in [3.63, 3.8) is 0 Å². The Morgan fingerprint density at radius 2 is 1.69 bits per heavy atom. The molecule has 2 heteroatoms. The van der Waals surface area contributed by atoms with Crippen molar-refractivity contribution in [1.29, 1.82) is 0 Å². The highest BCUT2D eigenvalue weighted by molar-refractivity contribution is 9.09. The van der Waals surface area contributed by atoms with E-state index in [1.54, 1.807) is 0 Å². The smallest absolute Gasteiger partial charge is 0.119 e. The summed E-state index contributed by atoms with van der Waals surface area (Å²) >= 11 is 3.28. The number of hydrogen-bond acceptors (Lipinski definition) is 1. The number of halogens is 1. The summed E-state index contributed by atoms with van der Waals surface area (Å²) in [7, 11) is 0. The van der Waals surface area contributed by atoms with Crippen LogP contribution in [0.5, 0.6) is 5.75 Å². The fourth-order valence-electron chi connectivity index (χ4n) is 0.673. The normalized spacial score (nSPS) is 8.54. The van der Waals surface area contributed by atoms with Gasteiger partial charge < -0.3 is 4.74 Å². The highest BCUT2D eigenvalue weighted by Crippen LogP contribution is 2.07. The van der Waals surface area contributed by atoms with Gasteiger partial charge in [-0.1, -0.05) is 54.4 Å². The van der Waals surface area contributed by atoms with Crippen LogP contribution in [0.1, 0.15) is 20.3 Å². The number of ether oxygens (including phenoxy) is 1. The summed E-state index contributed by atoms with van der Waals surface area (Å²) in [6.07, 6.45) is 1.25. The number of rotatable bonds is 3.